The molecular weight excluding hydrogens is 511 g/mol. The molecule has 9 nitrogen and oxygen atoms in total. The molecule has 2 aromatic carbocycles. The number of likely N-dealkylation sites (N-methyl/N-ethyl adjacent to an activating group) is 1. The molecule has 0 aliphatic carbocycles. The Kier molecular flexibility index (Phi) is 9.46. The highest BCUT2D eigenvalue weighted by atomic mass is 35.5. The number of carbonyl (C=O) groups excluding carboxylic acids is 1. The van der Waals surface area contributed by atoms with Gasteiger partial charge in [0.1, 0.15) is 23.7 Å². The van der Waals surface area contributed by atoms with E-state index in [9.17, 15) is 9.18 Å². The van der Waals surface area contributed by atoms with Gasteiger partial charge in [-0.15, -0.1) is 0 Å². The van der Waals surface area contributed by atoms with Crippen LogP contribution in [-0.4, -0.2) is 85.3 Å². The van der Waals surface area contributed by atoms with Crippen molar-refractivity contribution in [1.82, 2.24) is 19.8 Å². The Balaban J connectivity index is 0.000000204. The lowest BCUT2D eigenvalue weighted by Gasteiger charge is -2.33. The van der Waals surface area contributed by atoms with Crippen LogP contribution in [0.25, 0.3) is 10.9 Å². The first-order chi connectivity index (χ1) is 18.4. The van der Waals surface area contributed by atoms with Gasteiger partial charge in [-0.05, 0) is 38.2 Å². The molecule has 2 fully saturated rings. The summed E-state index contributed by atoms with van der Waals surface area (Å²) in [6, 6.07) is 8.26. The van der Waals surface area contributed by atoms with Crippen molar-refractivity contribution in [3.05, 3.63) is 59.7 Å². The second-order valence-electron chi connectivity index (χ2n) is 9.05. The normalized spacial score (nSPS) is 19.6. The van der Waals surface area contributed by atoms with Gasteiger partial charge in [0.25, 0.3) is 0 Å². The van der Waals surface area contributed by atoms with Crippen molar-refractivity contribution < 1.29 is 18.7 Å². The van der Waals surface area contributed by atoms with E-state index in [1.165, 1.54) is 25.6 Å². The van der Waals surface area contributed by atoms with Gasteiger partial charge >= 0.3 is 0 Å². The number of hydrogen-bond acceptors (Lipinski definition) is 8. The van der Waals surface area contributed by atoms with Crippen LogP contribution in [0.15, 0.2) is 48.8 Å². The maximum Gasteiger partial charge on any atom is 0.211 e. The number of carbonyl (C=O) groups is 1. The maximum absolute atomic E-state index is 13.3. The number of nitrogens with zero attached hydrogens (tertiary/aromatic N) is 4. The summed E-state index contributed by atoms with van der Waals surface area (Å²) in [4.78, 5) is 24.1. The number of nitrogens with one attached hydrogen (secondary N) is 2. The summed E-state index contributed by atoms with van der Waals surface area (Å²) in [7, 11) is 3.71. The molecule has 2 saturated heterocycles. The molecule has 1 amide bonds. The standard InChI is InChI=1S/C16H12ClFN4O2.C11H20N2O/c1-24-15-6-13-10(5-14(15)21-8-23)16(20-7-19-13)22-9-2-3-12(18)11(17)4-9;1-3-4-5-13-8-10-11(9-13)14-7-6-12(10)2/h2-8H,1H3,(H,21,23)(H,19,20,22);3-4,10-11H,5-9H2,1-2H3/b;4-3+. The van der Waals surface area contributed by atoms with Gasteiger partial charge in [0.15, 0.2) is 0 Å². The van der Waals surface area contributed by atoms with Gasteiger partial charge in [-0.3, -0.25) is 14.6 Å². The number of morpholine rings is 1. The Bertz CT molecular complexity index is 1290. The number of fused-ring (bicyclic) bond motifs is 2. The van der Waals surface area contributed by atoms with Crippen molar-refractivity contribution in [2.24, 2.45) is 0 Å². The monoisotopic (exact) mass is 542 g/mol. The number of hydrogen-bond donors (Lipinski definition) is 2. The molecule has 2 atom stereocenters. The van der Waals surface area contributed by atoms with E-state index >= 15 is 0 Å². The Hall–Kier alpha value is -3.31. The summed E-state index contributed by atoms with van der Waals surface area (Å²) in [5.41, 5.74) is 1.67. The number of aromatic nitrogens is 2. The van der Waals surface area contributed by atoms with Crippen LogP contribution in [0.1, 0.15) is 6.92 Å². The van der Waals surface area contributed by atoms with Gasteiger partial charge in [0.2, 0.25) is 6.41 Å². The van der Waals surface area contributed by atoms with E-state index in [1.54, 1.807) is 18.2 Å². The van der Waals surface area contributed by atoms with E-state index in [4.69, 9.17) is 21.1 Å². The SMILES string of the molecule is C/C=C/CN1CC2OCCN(C)C2C1.COc1cc2ncnc(Nc3ccc(F)c(Cl)c3)c2cc1NC=O. The van der Waals surface area contributed by atoms with E-state index in [-0.39, 0.29) is 5.02 Å². The molecule has 0 saturated carbocycles. The summed E-state index contributed by atoms with van der Waals surface area (Å²) in [5.74, 6) is 0.459. The average molecular weight is 543 g/mol. The van der Waals surface area contributed by atoms with E-state index in [0.29, 0.717) is 52.4 Å². The van der Waals surface area contributed by atoms with Crippen molar-refractivity contribution in [2.45, 2.75) is 19.1 Å². The second kappa shape index (κ2) is 13.0. The Morgan fingerprint density at radius 3 is 2.82 bits per heavy atom. The molecule has 0 spiro atoms. The van der Waals surface area contributed by atoms with E-state index in [2.05, 4.69) is 56.5 Å². The number of likely N-dealkylation sites (tertiary alicyclic amines) is 1. The number of methoxy groups -OCH3 is 1. The lowest BCUT2D eigenvalue weighted by molar-refractivity contribution is -0.105. The largest absolute Gasteiger partial charge is 0.494 e. The van der Waals surface area contributed by atoms with Gasteiger partial charge < -0.3 is 20.1 Å². The third-order valence-electron chi connectivity index (χ3n) is 6.61. The first-order valence-electron chi connectivity index (χ1n) is 12.3. The molecule has 11 heteroatoms. The molecule has 1 aromatic heterocycles. The highest BCUT2D eigenvalue weighted by molar-refractivity contribution is 6.31. The van der Waals surface area contributed by atoms with Crippen LogP contribution >= 0.6 is 11.6 Å². The second-order valence-corrected chi connectivity index (χ2v) is 9.46. The molecule has 3 aromatic rings. The molecule has 2 unspecified atom stereocenters. The highest BCUT2D eigenvalue weighted by Gasteiger charge is 2.37. The van der Waals surface area contributed by atoms with E-state index < -0.39 is 5.82 Å². The fourth-order valence-corrected chi connectivity index (χ4v) is 4.76. The zero-order chi connectivity index (χ0) is 27.1. The zero-order valence-corrected chi connectivity index (χ0v) is 22.4. The Labute approximate surface area is 226 Å². The summed E-state index contributed by atoms with van der Waals surface area (Å²) in [5, 5.41) is 6.29. The summed E-state index contributed by atoms with van der Waals surface area (Å²) in [6.07, 6.45) is 6.73. The molecule has 0 bridgehead atoms. The fraction of sp³-hybridized carbons (Fsp3) is 0.370. The van der Waals surface area contributed by atoms with Crippen LogP contribution in [-0.2, 0) is 9.53 Å². The predicted octanol–water partition coefficient (Wildman–Crippen LogP) is 4.32. The van der Waals surface area contributed by atoms with Crippen molar-refractivity contribution in [3.8, 4) is 5.75 Å². The number of anilines is 3. The number of benzene rings is 2. The Morgan fingerprint density at radius 1 is 1.26 bits per heavy atom. The molecule has 5 rings (SSSR count). The third kappa shape index (κ3) is 6.57. The molecule has 0 radical (unpaired) electrons. The number of rotatable bonds is 7. The van der Waals surface area contributed by atoms with Gasteiger partial charge in [-0.25, -0.2) is 14.4 Å². The lowest BCUT2D eigenvalue weighted by Crippen LogP contribution is -2.48. The van der Waals surface area contributed by atoms with Gasteiger partial charge in [-0.2, -0.15) is 0 Å². The van der Waals surface area contributed by atoms with E-state index in [0.717, 1.165) is 32.8 Å². The third-order valence-corrected chi connectivity index (χ3v) is 6.90. The summed E-state index contributed by atoms with van der Waals surface area (Å²) >= 11 is 5.79. The molecule has 2 aliphatic heterocycles. The van der Waals surface area contributed by atoms with Gasteiger partial charge in [0, 0.05) is 49.4 Å². The molecule has 3 heterocycles. The van der Waals surface area contributed by atoms with Crippen molar-refractivity contribution >= 4 is 46.1 Å². The van der Waals surface area contributed by atoms with Crippen molar-refractivity contribution in [3.63, 3.8) is 0 Å². The highest BCUT2D eigenvalue weighted by Crippen LogP contribution is 2.33. The number of ether oxygens (including phenoxy) is 2. The van der Waals surface area contributed by atoms with Crippen LogP contribution in [0.4, 0.5) is 21.6 Å². The fourth-order valence-electron chi connectivity index (χ4n) is 4.58. The number of halogens is 2. The van der Waals surface area contributed by atoms with Crippen LogP contribution in [0.2, 0.25) is 5.02 Å². The van der Waals surface area contributed by atoms with Crippen LogP contribution < -0.4 is 15.4 Å². The van der Waals surface area contributed by atoms with Crippen LogP contribution in [0.5, 0.6) is 5.75 Å². The topological polar surface area (TPSA) is 91.8 Å². The minimum atomic E-state index is -0.503. The predicted molar refractivity (Wildman–Crippen MR) is 148 cm³/mol. The first kappa shape index (κ1) is 27.7. The molecule has 38 heavy (non-hydrogen) atoms. The van der Waals surface area contributed by atoms with Crippen molar-refractivity contribution in [1.29, 1.82) is 0 Å². The minimum Gasteiger partial charge on any atom is -0.494 e. The Morgan fingerprint density at radius 2 is 2.11 bits per heavy atom. The quantitative estimate of drug-likeness (QED) is 0.337. The lowest BCUT2D eigenvalue weighted by atomic mass is 10.1. The first-order valence-corrected chi connectivity index (χ1v) is 12.7. The molecular formula is C27H32ClFN6O3. The van der Waals surface area contributed by atoms with Gasteiger partial charge in [0.05, 0.1) is 36.0 Å². The van der Waals surface area contributed by atoms with Gasteiger partial charge in [-0.1, -0.05) is 23.8 Å². The molecule has 202 valence electrons. The molecule has 2 aliphatic rings. The maximum atomic E-state index is 13.3. The van der Waals surface area contributed by atoms with Crippen LogP contribution in [0, 0.1) is 5.82 Å². The van der Waals surface area contributed by atoms with Crippen molar-refractivity contribution in [2.75, 3.05) is 57.6 Å². The number of allylic oxidation sites excluding steroid dienone is 1. The summed E-state index contributed by atoms with van der Waals surface area (Å²) < 4.78 is 24.3. The minimum absolute atomic E-state index is 0.00309. The molecule has 2 N–H and O–H groups in total. The van der Waals surface area contributed by atoms with Crippen LogP contribution in [0.3, 0.4) is 0 Å². The smallest absolute Gasteiger partial charge is 0.211 e. The zero-order valence-electron chi connectivity index (χ0n) is 21.7. The average Bonchev–Trinajstić information content (AvgIpc) is 3.35. The summed E-state index contributed by atoms with van der Waals surface area (Å²) in [6.45, 7) is 7.38. The number of amides is 1. The van der Waals surface area contributed by atoms with E-state index in [1.807, 2.05) is 0 Å².